The van der Waals surface area contributed by atoms with E-state index in [0.29, 0.717) is 6.04 Å². The van der Waals surface area contributed by atoms with Crippen LogP contribution < -0.4 is 5.73 Å². The van der Waals surface area contributed by atoms with Crippen LogP contribution in [0.2, 0.25) is 0 Å². The van der Waals surface area contributed by atoms with Gasteiger partial charge in [-0.25, -0.2) is 0 Å². The van der Waals surface area contributed by atoms with E-state index in [1.165, 1.54) is 19.3 Å². The average Bonchev–Trinajstić information content (AvgIpc) is 2.48. The molecule has 1 saturated carbocycles. The van der Waals surface area contributed by atoms with Gasteiger partial charge in [0.2, 0.25) is 0 Å². The van der Waals surface area contributed by atoms with Crippen molar-refractivity contribution in [2.75, 3.05) is 0 Å². The molecule has 2 nitrogen and oxygen atoms in total. The Kier molecular flexibility index (Phi) is 4.43. The Morgan fingerprint density at radius 1 is 1.36 bits per heavy atom. The van der Waals surface area contributed by atoms with Crippen LogP contribution in [0.1, 0.15) is 52.9 Å². The van der Waals surface area contributed by atoms with Crippen LogP contribution in [0.15, 0.2) is 4.99 Å². The largest absolute Gasteiger partial charge is 0.387 e. The molecule has 1 rings (SSSR count). The molecule has 82 valence electrons. The van der Waals surface area contributed by atoms with Crippen molar-refractivity contribution in [2.45, 2.75) is 58.9 Å². The summed E-state index contributed by atoms with van der Waals surface area (Å²) >= 11 is 0. The molecular formula is C12H24N2. The standard InChI is InChI=1S/C12H24N2/c1-4-6-12(13)14-11-8-7-10(5-2)9(11)3/h9-11H,4-8H2,1-3H3,(H2,13,14). The number of hydrogen-bond acceptors (Lipinski definition) is 1. The van der Waals surface area contributed by atoms with Crippen LogP contribution in [-0.4, -0.2) is 11.9 Å². The van der Waals surface area contributed by atoms with Gasteiger partial charge < -0.3 is 5.73 Å². The van der Waals surface area contributed by atoms with Gasteiger partial charge in [0, 0.05) is 6.42 Å². The Morgan fingerprint density at radius 3 is 2.57 bits per heavy atom. The van der Waals surface area contributed by atoms with Crippen LogP contribution in [0.3, 0.4) is 0 Å². The zero-order chi connectivity index (χ0) is 10.6. The molecule has 0 heterocycles. The minimum Gasteiger partial charge on any atom is -0.387 e. The second-order valence-electron chi connectivity index (χ2n) is 4.54. The van der Waals surface area contributed by atoms with Crippen LogP contribution in [0.5, 0.6) is 0 Å². The highest BCUT2D eigenvalue weighted by Crippen LogP contribution is 2.35. The van der Waals surface area contributed by atoms with Gasteiger partial charge in [-0.3, -0.25) is 4.99 Å². The summed E-state index contributed by atoms with van der Waals surface area (Å²) in [6.45, 7) is 6.76. The molecule has 3 unspecified atom stereocenters. The van der Waals surface area contributed by atoms with Crippen molar-refractivity contribution in [3.8, 4) is 0 Å². The molecule has 0 aliphatic heterocycles. The number of hydrogen-bond donors (Lipinski definition) is 1. The maximum atomic E-state index is 5.86. The topological polar surface area (TPSA) is 38.4 Å². The molecule has 0 aromatic carbocycles. The monoisotopic (exact) mass is 196 g/mol. The third-order valence-corrected chi connectivity index (χ3v) is 3.55. The fourth-order valence-electron chi connectivity index (χ4n) is 2.52. The first-order valence-corrected chi connectivity index (χ1v) is 6.01. The Labute approximate surface area is 88.0 Å². The molecule has 0 radical (unpaired) electrons. The molecule has 0 saturated heterocycles. The lowest BCUT2D eigenvalue weighted by molar-refractivity contribution is 0.383. The third kappa shape index (κ3) is 2.73. The van der Waals surface area contributed by atoms with Crippen molar-refractivity contribution in [3.05, 3.63) is 0 Å². The van der Waals surface area contributed by atoms with E-state index in [1.807, 2.05) is 0 Å². The average molecular weight is 196 g/mol. The van der Waals surface area contributed by atoms with E-state index in [0.717, 1.165) is 30.5 Å². The molecule has 1 aliphatic carbocycles. The third-order valence-electron chi connectivity index (χ3n) is 3.55. The van der Waals surface area contributed by atoms with E-state index in [1.54, 1.807) is 0 Å². The molecule has 2 heteroatoms. The smallest absolute Gasteiger partial charge is 0.0940 e. The van der Waals surface area contributed by atoms with Crippen LogP contribution >= 0.6 is 0 Å². The Hall–Kier alpha value is -0.530. The zero-order valence-electron chi connectivity index (χ0n) is 9.79. The second-order valence-corrected chi connectivity index (χ2v) is 4.54. The van der Waals surface area contributed by atoms with Crippen LogP contribution in [0, 0.1) is 11.8 Å². The number of rotatable bonds is 4. The normalized spacial score (nSPS) is 33.6. The first-order chi connectivity index (χ1) is 6.69. The van der Waals surface area contributed by atoms with Crippen molar-refractivity contribution in [1.29, 1.82) is 0 Å². The lowest BCUT2D eigenvalue weighted by Crippen LogP contribution is -2.20. The molecule has 0 amide bonds. The molecule has 0 aromatic rings. The Bertz CT molecular complexity index is 198. The van der Waals surface area contributed by atoms with Crippen LogP contribution in [-0.2, 0) is 0 Å². The van der Waals surface area contributed by atoms with Crippen LogP contribution in [0.25, 0.3) is 0 Å². The fourth-order valence-corrected chi connectivity index (χ4v) is 2.52. The van der Waals surface area contributed by atoms with E-state index in [2.05, 4.69) is 25.8 Å². The van der Waals surface area contributed by atoms with E-state index in [4.69, 9.17) is 5.73 Å². The molecule has 14 heavy (non-hydrogen) atoms. The van der Waals surface area contributed by atoms with Crippen molar-refractivity contribution in [3.63, 3.8) is 0 Å². The summed E-state index contributed by atoms with van der Waals surface area (Å²) < 4.78 is 0. The molecule has 0 spiro atoms. The van der Waals surface area contributed by atoms with E-state index < -0.39 is 0 Å². The number of nitrogens with two attached hydrogens (primary N) is 1. The lowest BCUT2D eigenvalue weighted by Gasteiger charge is -2.16. The molecule has 3 atom stereocenters. The quantitative estimate of drug-likeness (QED) is 0.545. The maximum absolute atomic E-state index is 5.86. The molecule has 1 aliphatic rings. The summed E-state index contributed by atoms with van der Waals surface area (Å²) in [4.78, 5) is 4.64. The van der Waals surface area contributed by atoms with Gasteiger partial charge in [-0.15, -0.1) is 0 Å². The van der Waals surface area contributed by atoms with E-state index >= 15 is 0 Å². The van der Waals surface area contributed by atoms with Gasteiger partial charge in [-0.2, -0.15) is 0 Å². The summed E-state index contributed by atoms with van der Waals surface area (Å²) in [5.41, 5.74) is 5.86. The summed E-state index contributed by atoms with van der Waals surface area (Å²) in [5, 5.41) is 0. The molecule has 2 N–H and O–H groups in total. The predicted molar refractivity (Wildman–Crippen MR) is 62.5 cm³/mol. The first kappa shape index (κ1) is 11.5. The lowest BCUT2D eigenvalue weighted by atomic mass is 9.94. The van der Waals surface area contributed by atoms with Crippen LogP contribution in [0.4, 0.5) is 0 Å². The van der Waals surface area contributed by atoms with Crippen molar-refractivity contribution < 1.29 is 0 Å². The van der Waals surface area contributed by atoms with Crippen molar-refractivity contribution in [1.82, 2.24) is 0 Å². The molecular weight excluding hydrogens is 172 g/mol. The fraction of sp³-hybridized carbons (Fsp3) is 0.917. The zero-order valence-corrected chi connectivity index (χ0v) is 9.79. The molecule has 0 bridgehead atoms. The van der Waals surface area contributed by atoms with Crippen molar-refractivity contribution >= 4 is 5.84 Å². The van der Waals surface area contributed by atoms with Gasteiger partial charge >= 0.3 is 0 Å². The Balaban J connectivity index is 2.50. The summed E-state index contributed by atoms with van der Waals surface area (Å²) in [6.07, 6.45) is 5.93. The number of aliphatic imine (C=N–C) groups is 1. The van der Waals surface area contributed by atoms with Gasteiger partial charge in [0.05, 0.1) is 11.9 Å². The van der Waals surface area contributed by atoms with Gasteiger partial charge in [-0.05, 0) is 31.1 Å². The summed E-state index contributed by atoms with van der Waals surface area (Å²) in [6, 6.07) is 0.506. The van der Waals surface area contributed by atoms with Gasteiger partial charge in [0.25, 0.3) is 0 Å². The second kappa shape index (κ2) is 5.38. The van der Waals surface area contributed by atoms with Crippen molar-refractivity contribution in [2.24, 2.45) is 22.6 Å². The highest BCUT2D eigenvalue weighted by Gasteiger charge is 2.31. The van der Waals surface area contributed by atoms with Gasteiger partial charge in [0.15, 0.2) is 0 Å². The SMILES string of the molecule is CCCC(N)=NC1CCC(CC)C1C. The molecule has 1 fully saturated rings. The maximum Gasteiger partial charge on any atom is 0.0940 e. The highest BCUT2D eigenvalue weighted by molar-refractivity contribution is 5.80. The van der Waals surface area contributed by atoms with E-state index in [-0.39, 0.29) is 0 Å². The first-order valence-electron chi connectivity index (χ1n) is 6.01. The Morgan fingerprint density at radius 2 is 2.07 bits per heavy atom. The summed E-state index contributed by atoms with van der Waals surface area (Å²) in [7, 11) is 0. The van der Waals surface area contributed by atoms with E-state index in [9.17, 15) is 0 Å². The predicted octanol–water partition coefficient (Wildman–Crippen LogP) is 2.97. The highest BCUT2D eigenvalue weighted by atomic mass is 14.9. The minimum absolute atomic E-state index is 0.506. The number of amidine groups is 1. The molecule has 0 aromatic heterocycles. The summed E-state index contributed by atoms with van der Waals surface area (Å²) in [5.74, 6) is 2.47. The van der Waals surface area contributed by atoms with Gasteiger partial charge in [0.1, 0.15) is 0 Å². The number of nitrogens with zero attached hydrogens (tertiary/aromatic N) is 1. The minimum atomic E-state index is 0.506. The van der Waals surface area contributed by atoms with Gasteiger partial charge in [-0.1, -0.05) is 27.2 Å².